The van der Waals surface area contributed by atoms with Crippen LogP contribution in [0, 0.1) is 5.41 Å². The number of amides is 1. The van der Waals surface area contributed by atoms with Crippen molar-refractivity contribution >= 4 is 11.6 Å². The number of carbonyl (C=O) groups excluding carboxylic acids is 1. The molecule has 19 heavy (non-hydrogen) atoms. The van der Waals surface area contributed by atoms with Crippen molar-refractivity contribution in [1.29, 1.82) is 0 Å². The smallest absolute Gasteiger partial charge is 0.255 e. The van der Waals surface area contributed by atoms with Crippen LogP contribution in [0.2, 0.25) is 0 Å². The molecule has 0 radical (unpaired) electrons. The number of nitrogens with one attached hydrogen (secondary N) is 2. The van der Waals surface area contributed by atoms with Gasteiger partial charge in [-0.3, -0.25) is 4.79 Å². The number of hydrogen-bond donors (Lipinski definition) is 2. The highest BCUT2D eigenvalue weighted by atomic mass is 16.5. The SMILES string of the molecule is CC(NC(=O)c1cccc2c1OCCN2)C(C)(C)C. The van der Waals surface area contributed by atoms with Gasteiger partial charge in [0.2, 0.25) is 0 Å². The van der Waals surface area contributed by atoms with E-state index in [-0.39, 0.29) is 17.4 Å². The third-order valence-corrected chi connectivity index (χ3v) is 3.57. The van der Waals surface area contributed by atoms with E-state index >= 15 is 0 Å². The molecule has 0 bridgehead atoms. The summed E-state index contributed by atoms with van der Waals surface area (Å²) in [6.07, 6.45) is 0. The van der Waals surface area contributed by atoms with Crippen LogP contribution in [-0.4, -0.2) is 25.1 Å². The lowest BCUT2D eigenvalue weighted by Gasteiger charge is -2.29. The van der Waals surface area contributed by atoms with Crippen molar-refractivity contribution in [1.82, 2.24) is 5.32 Å². The minimum atomic E-state index is -0.0806. The lowest BCUT2D eigenvalue weighted by molar-refractivity contribution is 0.0906. The maximum atomic E-state index is 12.4. The molecular weight excluding hydrogens is 240 g/mol. The van der Waals surface area contributed by atoms with Crippen molar-refractivity contribution in [2.24, 2.45) is 5.41 Å². The van der Waals surface area contributed by atoms with Gasteiger partial charge in [-0.15, -0.1) is 0 Å². The molecule has 1 aromatic carbocycles. The Hall–Kier alpha value is -1.71. The van der Waals surface area contributed by atoms with Crippen LogP contribution < -0.4 is 15.4 Å². The highest BCUT2D eigenvalue weighted by molar-refractivity contribution is 5.99. The van der Waals surface area contributed by atoms with Crippen molar-refractivity contribution in [3.05, 3.63) is 23.8 Å². The molecule has 0 spiro atoms. The number of benzene rings is 1. The van der Waals surface area contributed by atoms with Gasteiger partial charge in [-0.05, 0) is 24.5 Å². The molecule has 104 valence electrons. The highest BCUT2D eigenvalue weighted by Crippen LogP contribution is 2.31. The average molecular weight is 262 g/mol. The number of hydrogen-bond acceptors (Lipinski definition) is 3. The van der Waals surface area contributed by atoms with Gasteiger partial charge in [0.15, 0.2) is 5.75 Å². The van der Waals surface area contributed by atoms with Gasteiger partial charge >= 0.3 is 0 Å². The van der Waals surface area contributed by atoms with Crippen molar-refractivity contribution in [3.8, 4) is 5.75 Å². The minimum absolute atomic E-state index is 0.0314. The lowest BCUT2D eigenvalue weighted by Crippen LogP contribution is -2.41. The molecule has 1 heterocycles. The molecule has 4 nitrogen and oxygen atoms in total. The fourth-order valence-corrected chi connectivity index (χ4v) is 1.84. The molecule has 1 unspecified atom stereocenters. The summed E-state index contributed by atoms with van der Waals surface area (Å²) >= 11 is 0. The van der Waals surface area contributed by atoms with Crippen LogP contribution in [0.5, 0.6) is 5.75 Å². The lowest BCUT2D eigenvalue weighted by atomic mass is 9.88. The van der Waals surface area contributed by atoms with Crippen LogP contribution in [0.1, 0.15) is 38.1 Å². The number of ether oxygens (including phenoxy) is 1. The van der Waals surface area contributed by atoms with Crippen LogP contribution in [-0.2, 0) is 0 Å². The van der Waals surface area contributed by atoms with Gasteiger partial charge in [0.05, 0.1) is 11.3 Å². The van der Waals surface area contributed by atoms with E-state index in [1.807, 2.05) is 19.1 Å². The maximum Gasteiger partial charge on any atom is 0.255 e. The Balaban J connectivity index is 2.20. The van der Waals surface area contributed by atoms with Crippen LogP contribution in [0.25, 0.3) is 0 Å². The molecule has 0 saturated carbocycles. The molecule has 1 atom stereocenters. The highest BCUT2D eigenvalue weighted by Gasteiger charge is 2.25. The largest absolute Gasteiger partial charge is 0.489 e. The summed E-state index contributed by atoms with van der Waals surface area (Å²) in [4.78, 5) is 12.4. The van der Waals surface area contributed by atoms with Crippen LogP contribution in [0.4, 0.5) is 5.69 Å². The van der Waals surface area contributed by atoms with Gasteiger partial charge in [-0.2, -0.15) is 0 Å². The molecule has 0 fully saturated rings. The molecule has 2 rings (SSSR count). The van der Waals surface area contributed by atoms with E-state index in [1.54, 1.807) is 6.07 Å². The Morgan fingerprint density at radius 2 is 2.16 bits per heavy atom. The molecular formula is C15H22N2O2. The number of carbonyl (C=O) groups is 1. The molecule has 1 aliphatic rings. The predicted molar refractivity (Wildman–Crippen MR) is 76.8 cm³/mol. The zero-order valence-corrected chi connectivity index (χ0v) is 12.0. The standard InChI is InChI=1S/C15H22N2O2/c1-10(15(2,3)4)17-14(18)11-6-5-7-12-13(11)19-9-8-16-12/h5-7,10,16H,8-9H2,1-4H3,(H,17,18). The second-order valence-electron chi connectivity index (χ2n) is 6.02. The summed E-state index contributed by atoms with van der Waals surface area (Å²) in [5, 5.41) is 6.28. The summed E-state index contributed by atoms with van der Waals surface area (Å²) in [5.41, 5.74) is 1.52. The van der Waals surface area contributed by atoms with Crippen molar-refractivity contribution in [2.45, 2.75) is 33.7 Å². The van der Waals surface area contributed by atoms with E-state index in [4.69, 9.17) is 4.74 Å². The molecule has 0 saturated heterocycles. The fraction of sp³-hybridized carbons (Fsp3) is 0.533. The monoisotopic (exact) mass is 262 g/mol. The number of fused-ring (bicyclic) bond motifs is 1. The van der Waals surface area contributed by atoms with Gasteiger partial charge in [0, 0.05) is 12.6 Å². The van der Waals surface area contributed by atoms with E-state index in [2.05, 4.69) is 31.4 Å². The van der Waals surface area contributed by atoms with E-state index in [0.29, 0.717) is 17.9 Å². The first-order valence-corrected chi connectivity index (χ1v) is 6.70. The van der Waals surface area contributed by atoms with E-state index < -0.39 is 0 Å². The number of rotatable bonds is 2. The summed E-state index contributed by atoms with van der Waals surface area (Å²) in [7, 11) is 0. The van der Waals surface area contributed by atoms with Crippen LogP contribution in [0.3, 0.4) is 0 Å². The van der Waals surface area contributed by atoms with Gasteiger partial charge in [-0.25, -0.2) is 0 Å². The Labute approximate surface area is 114 Å². The van der Waals surface area contributed by atoms with E-state index in [9.17, 15) is 4.79 Å². The Morgan fingerprint density at radius 1 is 1.42 bits per heavy atom. The molecule has 4 heteroatoms. The van der Waals surface area contributed by atoms with Gasteiger partial charge in [0.1, 0.15) is 6.61 Å². The van der Waals surface area contributed by atoms with Crippen molar-refractivity contribution in [2.75, 3.05) is 18.5 Å². The molecule has 2 N–H and O–H groups in total. The Kier molecular flexibility index (Phi) is 3.69. The molecule has 1 amide bonds. The van der Waals surface area contributed by atoms with Crippen molar-refractivity contribution < 1.29 is 9.53 Å². The van der Waals surface area contributed by atoms with Gasteiger partial charge in [0.25, 0.3) is 5.91 Å². The van der Waals surface area contributed by atoms with Gasteiger partial charge < -0.3 is 15.4 Å². The van der Waals surface area contributed by atoms with Crippen molar-refractivity contribution in [3.63, 3.8) is 0 Å². The third-order valence-electron chi connectivity index (χ3n) is 3.57. The normalized spacial score (nSPS) is 15.8. The van der Waals surface area contributed by atoms with Crippen LogP contribution >= 0.6 is 0 Å². The Bertz CT molecular complexity index is 478. The zero-order chi connectivity index (χ0) is 14.0. The third kappa shape index (κ3) is 3.00. The maximum absolute atomic E-state index is 12.4. The Morgan fingerprint density at radius 3 is 2.84 bits per heavy atom. The first-order chi connectivity index (χ1) is 8.89. The quantitative estimate of drug-likeness (QED) is 0.861. The van der Waals surface area contributed by atoms with E-state index in [1.165, 1.54) is 0 Å². The average Bonchev–Trinajstić information content (AvgIpc) is 2.36. The first kappa shape index (κ1) is 13.7. The topological polar surface area (TPSA) is 50.4 Å². The second kappa shape index (κ2) is 5.11. The number of anilines is 1. The summed E-state index contributed by atoms with van der Waals surface area (Å²) in [5.74, 6) is 0.579. The molecule has 0 aliphatic carbocycles. The molecule has 1 aliphatic heterocycles. The zero-order valence-electron chi connectivity index (χ0n) is 12.0. The summed E-state index contributed by atoms with van der Waals surface area (Å²) < 4.78 is 5.62. The fourth-order valence-electron chi connectivity index (χ4n) is 1.84. The van der Waals surface area contributed by atoms with Gasteiger partial charge in [-0.1, -0.05) is 26.8 Å². The second-order valence-corrected chi connectivity index (χ2v) is 6.02. The molecule has 1 aromatic rings. The number of para-hydroxylation sites is 1. The molecule has 0 aromatic heterocycles. The first-order valence-electron chi connectivity index (χ1n) is 6.70. The predicted octanol–water partition coefficient (Wildman–Crippen LogP) is 2.66. The van der Waals surface area contributed by atoms with Crippen LogP contribution in [0.15, 0.2) is 18.2 Å². The summed E-state index contributed by atoms with van der Waals surface area (Å²) in [6.45, 7) is 9.71. The van der Waals surface area contributed by atoms with E-state index in [0.717, 1.165) is 12.2 Å². The minimum Gasteiger partial charge on any atom is -0.489 e. The summed E-state index contributed by atoms with van der Waals surface area (Å²) in [6, 6.07) is 5.69.